The summed E-state index contributed by atoms with van der Waals surface area (Å²) in [5, 5.41) is 14.9. The lowest BCUT2D eigenvalue weighted by atomic mass is 9.98. The lowest BCUT2D eigenvalue weighted by molar-refractivity contribution is -0.605. The highest BCUT2D eigenvalue weighted by Gasteiger charge is 2.27. The van der Waals surface area contributed by atoms with E-state index in [9.17, 15) is 10.0 Å². The van der Waals surface area contributed by atoms with E-state index < -0.39 is 0 Å². The van der Waals surface area contributed by atoms with E-state index in [0.29, 0.717) is 28.3 Å². The normalized spacial score (nSPS) is 15.0. The van der Waals surface area contributed by atoms with Crippen molar-refractivity contribution >= 4 is 17.5 Å². The summed E-state index contributed by atoms with van der Waals surface area (Å²) in [6.45, 7) is 2.42. The van der Waals surface area contributed by atoms with E-state index in [4.69, 9.17) is 16.3 Å². The zero-order chi connectivity index (χ0) is 19.7. The Bertz CT molecular complexity index is 1030. The molecule has 5 nitrogen and oxygen atoms in total. The SMILES string of the molecule is Cc1cc2c(c(-c3ccc(Cl)cc3)c1)O[C@H](CNC(=O)c1ccc[n+]([O-])c1)C2. The molecular formula is C22H19ClN2O3. The number of pyridine rings is 1. The summed E-state index contributed by atoms with van der Waals surface area (Å²) in [6, 6.07) is 15.0. The number of amides is 1. The second kappa shape index (κ2) is 7.52. The molecule has 1 N–H and O–H groups in total. The van der Waals surface area contributed by atoms with Gasteiger partial charge in [0.05, 0.1) is 6.54 Å². The number of nitrogens with zero attached hydrogens (tertiary/aromatic N) is 1. The van der Waals surface area contributed by atoms with Crippen molar-refractivity contribution in [1.82, 2.24) is 5.32 Å². The smallest absolute Gasteiger partial charge is 0.257 e. The Hall–Kier alpha value is -3.05. The molecule has 3 aromatic rings. The molecule has 0 spiro atoms. The average molecular weight is 395 g/mol. The van der Waals surface area contributed by atoms with E-state index >= 15 is 0 Å². The Labute approximate surface area is 168 Å². The maximum atomic E-state index is 12.3. The highest BCUT2D eigenvalue weighted by atomic mass is 35.5. The molecule has 4 rings (SSSR count). The van der Waals surface area contributed by atoms with Gasteiger partial charge in [0.25, 0.3) is 5.91 Å². The quantitative estimate of drug-likeness (QED) is 0.542. The van der Waals surface area contributed by atoms with E-state index in [1.165, 1.54) is 12.4 Å². The van der Waals surface area contributed by atoms with Crippen LogP contribution in [0, 0.1) is 12.1 Å². The van der Waals surface area contributed by atoms with Crippen LogP contribution < -0.4 is 14.8 Å². The Kier molecular flexibility index (Phi) is 4.92. The van der Waals surface area contributed by atoms with Crippen LogP contribution in [0.4, 0.5) is 0 Å². The number of aryl methyl sites for hydroxylation is 1. The van der Waals surface area contributed by atoms with Crippen LogP contribution in [-0.4, -0.2) is 18.6 Å². The molecule has 2 heterocycles. The number of hydrogen-bond donors (Lipinski definition) is 1. The van der Waals surface area contributed by atoms with E-state index in [1.807, 2.05) is 24.3 Å². The van der Waals surface area contributed by atoms with Gasteiger partial charge in [-0.05, 0) is 47.9 Å². The number of fused-ring (bicyclic) bond motifs is 1. The fraction of sp³-hybridized carbons (Fsp3) is 0.182. The van der Waals surface area contributed by atoms with Crippen molar-refractivity contribution in [2.45, 2.75) is 19.4 Å². The number of aromatic nitrogens is 1. The van der Waals surface area contributed by atoms with Crippen molar-refractivity contribution in [2.75, 3.05) is 6.54 Å². The highest BCUT2D eigenvalue weighted by molar-refractivity contribution is 6.30. The van der Waals surface area contributed by atoms with Gasteiger partial charge in [-0.1, -0.05) is 29.8 Å². The molecule has 0 unspecified atom stereocenters. The van der Waals surface area contributed by atoms with E-state index in [1.54, 1.807) is 12.1 Å². The van der Waals surface area contributed by atoms with Crippen LogP contribution in [0.3, 0.4) is 0 Å². The molecule has 1 aliphatic rings. The van der Waals surface area contributed by atoms with Crippen molar-refractivity contribution in [3.8, 4) is 16.9 Å². The van der Waals surface area contributed by atoms with Gasteiger partial charge in [0, 0.05) is 23.1 Å². The fourth-order valence-electron chi connectivity index (χ4n) is 3.45. The number of carbonyl (C=O) groups excluding carboxylic acids is 1. The third-order valence-electron chi connectivity index (χ3n) is 4.73. The molecule has 0 saturated heterocycles. The van der Waals surface area contributed by atoms with Crippen molar-refractivity contribution < 1.29 is 14.3 Å². The van der Waals surface area contributed by atoms with E-state index in [0.717, 1.165) is 28.0 Å². The van der Waals surface area contributed by atoms with E-state index in [2.05, 4.69) is 24.4 Å². The number of carbonyl (C=O) groups is 1. The molecule has 1 amide bonds. The summed E-state index contributed by atoms with van der Waals surface area (Å²) < 4.78 is 6.78. The Balaban J connectivity index is 1.50. The van der Waals surface area contributed by atoms with Gasteiger partial charge in [0.15, 0.2) is 12.4 Å². The van der Waals surface area contributed by atoms with Gasteiger partial charge in [-0.25, -0.2) is 0 Å². The number of nitrogens with one attached hydrogen (secondary N) is 1. The van der Waals surface area contributed by atoms with Crippen LogP contribution in [-0.2, 0) is 6.42 Å². The summed E-state index contributed by atoms with van der Waals surface area (Å²) in [6.07, 6.45) is 3.15. The van der Waals surface area contributed by atoms with Gasteiger partial charge in [-0.3, -0.25) is 4.79 Å². The fourth-order valence-corrected chi connectivity index (χ4v) is 3.57. The van der Waals surface area contributed by atoms with Crippen LogP contribution in [0.1, 0.15) is 21.5 Å². The van der Waals surface area contributed by atoms with Crippen LogP contribution >= 0.6 is 11.6 Å². The molecule has 0 bridgehead atoms. The van der Waals surface area contributed by atoms with Gasteiger partial charge < -0.3 is 15.3 Å². The summed E-state index contributed by atoms with van der Waals surface area (Å²) in [7, 11) is 0. The minimum Gasteiger partial charge on any atom is -0.619 e. The maximum Gasteiger partial charge on any atom is 0.257 e. The third kappa shape index (κ3) is 3.80. The first-order valence-electron chi connectivity index (χ1n) is 9.03. The number of benzene rings is 2. The summed E-state index contributed by atoms with van der Waals surface area (Å²) in [5.74, 6) is 0.558. The van der Waals surface area contributed by atoms with Gasteiger partial charge in [0.2, 0.25) is 0 Å². The summed E-state index contributed by atoms with van der Waals surface area (Å²) >= 11 is 6.01. The topological polar surface area (TPSA) is 65.3 Å². The average Bonchev–Trinajstić information content (AvgIpc) is 3.09. The first-order chi connectivity index (χ1) is 13.5. The first-order valence-corrected chi connectivity index (χ1v) is 9.40. The number of hydrogen-bond acceptors (Lipinski definition) is 3. The molecule has 0 radical (unpaired) electrons. The van der Waals surface area contributed by atoms with Gasteiger partial charge in [-0.2, -0.15) is 4.73 Å². The molecule has 28 heavy (non-hydrogen) atoms. The minimum absolute atomic E-state index is 0.158. The van der Waals surface area contributed by atoms with Crippen molar-refractivity contribution in [3.05, 3.63) is 87.8 Å². The van der Waals surface area contributed by atoms with Gasteiger partial charge >= 0.3 is 0 Å². The maximum absolute atomic E-state index is 12.3. The molecule has 6 heteroatoms. The van der Waals surface area contributed by atoms with E-state index in [-0.39, 0.29) is 12.0 Å². The molecule has 0 aliphatic carbocycles. The number of halogens is 1. The molecule has 1 aromatic heterocycles. The summed E-state index contributed by atoms with van der Waals surface area (Å²) in [5.41, 5.74) is 4.67. The second-order valence-electron chi connectivity index (χ2n) is 6.91. The molecule has 142 valence electrons. The predicted molar refractivity (Wildman–Crippen MR) is 107 cm³/mol. The second-order valence-corrected chi connectivity index (χ2v) is 7.35. The molecule has 2 aromatic carbocycles. The highest BCUT2D eigenvalue weighted by Crippen LogP contribution is 2.40. The van der Waals surface area contributed by atoms with Crippen LogP contribution in [0.5, 0.6) is 5.75 Å². The minimum atomic E-state index is -0.293. The Morgan fingerprint density at radius 1 is 1.29 bits per heavy atom. The lowest BCUT2D eigenvalue weighted by Crippen LogP contribution is -2.36. The van der Waals surface area contributed by atoms with Crippen LogP contribution in [0.15, 0.2) is 60.9 Å². The standard InChI is InChI=1S/C22H19ClN2O3/c1-14-9-17-11-19(12-24-22(26)16-3-2-8-25(27)13-16)28-21(17)20(10-14)15-4-6-18(23)7-5-15/h2-10,13,19H,11-12H2,1H3,(H,24,26)/t19-/m0/s1. The zero-order valence-corrected chi connectivity index (χ0v) is 16.1. The molecular weight excluding hydrogens is 376 g/mol. The third-order valence-corrected chi connectivity index (χ3v) is 4.98. The Morgan fingerprint density at radius 2 is 2.07 bits per heavy atom. The number of ether oxygens (including phenoxy) is 1. The van der Waals surface area contributed by atoms with Crippen molar-refractivity contribution in [3.63, 3.8) is 0 Å². The first kappa shape index (κ1) is 18.3. The monoisotopic (exact) mass is 394 g/mol. The Morgan fingerprint density at radius 3 is 2.82 bits per heavy atom. The molecule has 0 fully saturated rings. The van der Waals surface area contributed by atoms with Gasteiger partial charge in [-0.15, -0.1) is 0 Å². The number of rotatable bonds is 4. The molecule has 1 aliphatic heterocycles. The predicted octanol–water partition coefficient (Wildman–Crippen LogP) is 3.68. The van der Waals surface area contributed by atoms with Crippen molar-refractivity contribution in [2.24, 2.45) is 0 Å². The molecule has 0 saturated carbocycles. The largest absolute Gasteiger partial charge is 0.619 e. The van der Waals surface area contributed by atoms with Crippen LogP contribution in [0.25, 0.3) is 11.1 Å². The van der Waals surface area contributed by atoms with Gasteiger partial charge in [0.1, 0.15) is 17.4 Å². The molecule has 1 atom stereocenters. The van der Waals surface area contributed by atoms with Crippen molar-refractivity contribution in [1.29, 1.82) is 0 Å². The lowest BCUT2D eigenvalue weighted by Gasteiger charge is -2.14. The zero-order valence-electron chi connectivity index (χ0n) is 15.3. The van der Waals surface area contributed by atoms with Crippen LogP contribution in [0.2, 0.25) is 5.02 Å². The summed E-state index contributed by atoms with van der Waals surface area (Å²) in [4.78, 5) is 12.3.